The van der Waals surface area contributed by atoms with Crippen molar-refractivity contribution in [2.45, 2.75) is 26.2 Å². The first-order chi connectivity index (χ1) is 20.1. The summed E-state index contributed by atoms with van der Waals surface area (Å²) >= 11 is 0. The van der Waals surface area contributed by atoms with Crippen LogP contribution in [0.3, 0.4) is 0 Å². The molecule has 1 aliphatic carbocycles. The highest BCUT2D eigenvalue weighted by atomic mass is 16.5. The minimum atomic E-state index is 0.262. The summed E-state index contributed by atoms with van der Waals surface area (Å²) in [6.07, 6.45) is 2.59. The van der Waals surface area contributed by atoms with Crippen LogP contribution in [0.1, 0.15) is 28.9 Å². The second kappa shape index (κ2) is 11.9. The first-order valence-corrected chi connectivity index (χ1v) is 13.9. The van der Waals surface area contributed by atoms with E-state index in [4.69, 9.17) is 14.2 Å². The summed E-state index contributed by atoms with van der Waals surface area (Å²) in [5.74, 6) is 1.67. The minimum absolute atomic E-state index is 0.262. The van der Waals surface area contributed by atoms with Crippen LogP contribution in [0.25, 0.3) is 33.6 Å². The third kappa shape index (κ3) is 5.81. The molecule has 0 radical (unpaired) electrons. The molecule has 7 nitrogen and oxygen atoms in total. The third-order valence-electron chi connectivity index (χ3n) is 7.40. The summed E-state index contributed by atoms with van der Waals surface area (Å²) in [4.78, 5) is 4.54. The normalized spacial score (nSPS) is 11.8. The zero-order valence-corrected chi connectivity index (χ0v) is 23.3. The van der Waals surface area contributed by atoms with Crippen molar-refractivity contribution >= 4 is 0 Å². The lowest BCUT2D eigenvalue weighted by atomic mass is 10.0. The van der Waals surface area contributed by atoms with Crippen LogP contribution >= 0.6 is 0 Å². The van der Waals surface area contributed by atoms with Crippen molar-refractivity contribution < 1.29 is 19.3 Å². The van der Waals surface area contributed by atoms with Crippen LogP contribution in [0.15, 0.2) is 78.9 Å². The van der Waals surface area contributed by atoms with Crippen LogP contribution in [0.2, 0.25) is 0 Å². The van der Waals surface area contributed by atoms with E-state index in [1.807, 2.05) is 37.3 Å². The van der Waals surface area contributed by atoms with Gasteiger partial charge in [0.1, 0.15) is 12.4 Å². The number of pyridine rings is 1. The van der Waals surface area contributed by atoms with Crippen molar-refractivity contribution in [2.75, 3.05) is 26.9 Å². The molecule has 7 heteroatoms. The molecule has 2 heterocycles. The molecule has 0 aliphatic heterocycles. The first-order valence-electron chi connectivity index (χ1n) is 13.9. The van der Waals surface area contributed by atoms with E-state index in [-0.39, 0.29) is 5.75 Å². The predicted molar refractivity (Wildman–Crippen MR) is 160 cm³/mol. The molecule has 208 valence electrons. The van der Waals surface area contributed by atoms with Gasteiger partial charge in [-0.15, -0.1) is 0 Å². The molecule has 0 atom stereocenters. The number of methoxy groups -OCH3 is 1. The van der Waals surface area contributed by atoms with E-state index >= 15 is 0 Å². The molecule has 0 spiro atoms. The molecule has 3 aromatic carbocycles. The molecule has 41 heavy (non-hydrogen) atoms. The standard InChI is InChI=1S/C34H33N3O4/c1-22-5-3-6-27(35-22)7-4-16-40-17-18-41-32-20-26-19-30-33(36-37-34(30)29(26)21-31(32)39-2)25-10-8-23(9-11-25)24-12-14-28(38)15-13-24/h3,5-6,8-15,20-21,38H,4,7,16-19H2,1-2H3,(H,36,37). The smallest absolute Gasteiger partial charge is 0.161 e. The molecular weight excluding hydrogens is 514 g/mol. The fourth-order valence-electron chi connectivity index (χ4n) is 5.32. The number of aryl methyl sites for hydroxylation is 2. The number of hydrogen-bond donors (Lipinski definition) is 2. The lowest BCUT2D eigenvalue weighted by Gasteiger charge is -2.13. The number of benzene rings is 3. The Morgan fingerprint density at radius 3 is 2.37 bits per heavy atom. The SMILES string of the molecule is COc1cc2c(cc1OCCOCCCc1cccc(C)n1)Cc1c(-c3ccc(-c4ccc(O)cc4)cc3)n[nH]c1-2. The second-order valence-electron chi connectivity index (χ2n) is 10.2. The Labute approximate surface area is 239 Å². The van der Waals surface area contributed by atoms with Crippen LogP contribution in [0.4, 0.5) is 0 Å². The molecular formula is C34H33N3O4. The van der Waals surface area contributed by atoms with E-state index < -0.39 is 0 Å². The number of fused-ring (bicyclic) bond motifs is 3. The van der Waals surface area contributed by atoms with Crippen molar-refractivity contribution in [1.82, 2.24) is 15.2 Å². The second-order valence-corrected chi connectivity index (χ2v) is 10.2. The maximum absolute atomic E-state index is 9.57. The molecule has 6 rings (SSSR count). The topological polar surface area (TPSA) is 89.5 Å². The monoisotopic (exact) mass is 547 g/mol. The molecule has 2 aromatic heterocycles. The Morgan fingerprint density at radius 1 is 0.854 bits per heavy atom. The van der Waals surface area contributed by atoms with E-state index in [1.54, 1.807) is 19.2 Å². The van der Waals surface area contributed by atoms with Gasteiger partial charge < -0.3 is 19.3 Å². The van der Waals surface area contributed by atoms with E-state index in [2.05, 4.69) is 51.6 Å². The molecule has 5 aromatic rings. The molecule has 2 N–H and O–H groups in total. The molecule has 0 fully saturated rings. The van der Waals surface area contributed by atoms with Gasteiger partial charge in [0.15, 0.2) is 11.5 Å². The molecule has 0 bridgehead atoms. The number of aromatic nitrogens is 3. The summed E-state index contributed by atoms with van der Waals surface area (Å²) < 4.78 is 17.6. The summed E-state index contributed by atoms with van der Waals surface area (Å²) in [5, 5.41) is 17.5. The molecule has 0 saturated carbocycles. The Kier molecular flexibility index (Phi) is 7.69. The largest absolute Gasteiger partial charge is 0.508 e. The predicted octanol–water partition coefficient (Wildman–Crippen LogP) is 6.76. The maximum atomic E-state index is 9.57. The number of phenolic OH excluding ortho intramolecular Hbond substituents is 1. The van der Waals surface area contributed by atoms with Crippen molar-refractivity contribution in [3.63, 3.8) is 0 Å². The number of H-pyrrole nitrogens is 1. The van der Waals surface area contributed by atoms with Crippen LogP contribution in [0, 0.1) is 6.92 Å². The van der Waals surface area contributed by atoms with Crippen molar-refractivity contribution in [2.24, 2.45) is 0 Å². The lowest BCUT2D eigenvalue weighted by Crippen LogP contribution is -2.09. The van der Waals surface area contributed by atoms with E-state index in [1.165, 1.54) is 11.1 Å². The number of nitrogens with zero attached hydrogens (tertiary/aromatic N) is 2. The van der Waals surface area contributed by atoms with Gasteiger partial charge >= 0.3 is 0 Å². The van der Waals surface area contributed by atoms with Crippen molar-refractivity contribution in [3.05, 3.63) is 101 Å². The summed E-state index contributed by atoms with van der Waals surface area (Å²) in [6, 6.07) is 25.8. The van der Waals surface area contributed by atoms with Crippen LogP contribution in [-0.4, -0.2) is 47.2 Å². The fourth-order valence-corrected chi connectivity index (χ4v) is 5.32. The number of aromatic hydroxyl groups is 1. The van der Waals surface area contributed by atoms with Crippen LogP contribution in [-0.2, 0) is 17.6 Å². The van der Waals surface area contributed by atoms with Gasteiger partial charge in [-0.3, -0.25) is 10.1 Å². The molecule has 0 amide bonds. The quantitative estimate of drug-likeness (QED) is 0.174. The average Bonchev–Trinajstić information content (AvgIpc) is 3.56. The third-order valence-corrected chi connectivity index (χ3v) is 7.40. The maximum Gasteiger partial charge on any atom is 0.161 e. The van der Waals surface area contributed by atoms with Gasteiger partial charge in [-0.2, -0.15) is 5.10 Å². The van der Waals surface area contributed by atoms with Gasteiger partial charge in [-0.1, -0.05) is 42.5 Å². The van der Waals surface area contributed by atoms with Gasteiger partial charge in [-0.25, -0.2) is 0 Å². The van der Waals surface area contributed by atoms with Crippen molar-refractivity contribution in [3.8, 4) is 50.9 Å². The minimum Gasteiger partial charge on any atom is -0.508 e. The van der Waals surface area contributed by atoms with Crippen molar-refractivity contribution in [1.29, 1.82) is 0 Å². The van der Waals surface area contributed by atoms with Gasteiger partial charge in [0.05, 0.1) is 25.1 Å². The van der Waals surface area contributed by atoms with Gasteiger partial charge in [0, 0.05) is 41.1 Å². The number of rotatable bonds is 11. The fraction of sp³-hybridized carbons (Fsp3) is 0.235. The number of ether oxygens (including phenoxy) is 3. The van der Waals surface area contributed by atoms with E-state index in [0.29, 0.717) is 25.6 Å². The number of phenols is 1. The van der Waals surface area contributed by atoms with Crippen LogP contribution in [0.5, 0.6) is 17.2 Å². The van der Waals surface area contributed by atoms with Crippen LogP contribution < -0.4 is 9.47 Å². The lowest BCUT2D eigenvalue weighted by molar-refractivity contribution is 0.0973. The molecule has 0 saturated heterocycles. The first kappa shape index (κ1) is 26.6. The highest BCUT2D eigenvalue weighted by molar-refractivity contribution is 5.83. The van der Waals surface area contributed by atoms with E-state index in [9.17, 15) is 5.11 Å². The van der Waals surface area contributed by atoms with Gasteiger partial charge in [0.25, 0.3) is 0 Å². The average molecular weight is 548 g/mol. The number of hydrogen-bond acceptors (Lipinski definition) is 6. The highest BCUT2D eigenvalue weighted by Crippen LogP contribution is 2.45. The zero-order valence-electron chi connectivity index (χ0n) is 23.3. The molecule has 1 aliphatic rings. The Balaban J connectivity index is 1.07. The Hall–Kier alpha value is -4.62. The Morgan fingerprint density at radius 2 is 1.61 bits per heavy atom. The summed E-state index contributed by atoms with van der Waals surface area (Å²) in [5.41, 5.74) is 10.7. The van der Waals surface area contributed by atoms with Gasteiger partial charge in [0.2, 0.25) is 0 Å². The summed E-state index contributed by atoms with van der Waals surface area (Å²) in [7, 11) is 1.66. The Bertz CT molecular complexity index is 1640. The highest BCUT2D eigenvalue weighted by Gasteiger charge is 2.27. The van der Waals surface area contributed by atoms with Gasteiger partial charge in [-0.05, 0) is 72.9 Å². The summed E-state index contributed by atoms with van der Waals surface area (Å²) in [6.45, 7) is 3.63. The zero-order chi connectivity index (χ0) is 28.2. The van der Waals surface area contributed by atoms with E-state index in [0.717, 1.165) is 70.0 Å². The number of aromatic amines is 1. The molecule has 0 unspecified atom stereocenters. The number of nitrogens with one attached hydrogen (secondary N) is 1.